The highest BCUT2D eigenvalue weighted by Gasteiger charge is 2.42. The fourth-order valence-corrected chi connectivity index (χ4v) is 1.09. The second-order valence-electron chi connectivity index (χ2n) is 3.41. The number of hydrogen-bond acceptors (Lipinski definition) is 1. The molecule has 0 spiro atoms. The van der Waals surface area contributed by atoms with Crippen LogP contribution in [0.1, 0.15) is 33.1 Å². The van der Waals surface area contributed by atoms with Gasteiger partial charge in [0.15, 0.2) is 0 Å². The zero-order chi connectivity index (χ0) is 11.4. The third-order valence-corrected chi connectivity index (χ3v) is 2.20. The summed E-state index contributed by atoms with van der Waals surface area (Å²) in [6.45, 7) is 3.58. The van der Waals surface area contributed by atoms with Crippen molar-refractivity contribution < 1.29 is 18.0 Å². The van der Waals surface area contributed by atoms with Gasteiger partial charge in [0.25, 0.3) is 0 Å². The van der Waals surface area contributed by atoms with E-state index >= 15 is 0 Å². The van der Waals surface area contributed by atoms with Crippen LogP contribution in [0, 0.1) is 0 Å². The van der Waals surface area contributed by atoms with Gasteiger partial charge in [0, 0.05) is 13.1 Å². The summed E-state index contributed by atoms with van der Waals surface area (Å²) in [6, 6.07) is -0.357. The number of alkyl halides is 3. The highest BCUT2D eigenvalue weighted by molar-refractivity contribution is 5.81. The number of nitrogens with zero attached hydrogens (tertiary/aromatic N) is 1. The van der Waals surface area contributed by atoms with Crippen molar-refractivity contribution in [1.29, 1.82) is 0 Å². The molecule has 0 rings (SSSR count). The van der Waals surface area contributed by atoms with Gasteiger partial charge in [-0.3, -0.25) is 4.79 Å². The molecule has 0 saturated carbocycles. The van der Waals surface area contributed by atoms with Crippen LogP contribution in [0.4, 0.5) is 13.2 Å². The van der Waals surface area contributed by atoms with Crippen LogP contribution in [0.2, 0.25) is 0 Å². The minimum absolute atomic E-state index is 0.357. The molecule has 0 aliphatic carbocycles. The van der Waals surface area contributed by atoms with Gasteiger partial charge in [-0.1, -0.05) is 19.8 Å². The van der Waals surface area contributed by atoms with E-state index in [-0.39, 0.29) is 6.04 Å². The second-order valence-corrected chi connectivity index (χ2v) is 3.41. The van der Waals surface area contributed by atoms with Crippen molar-refractivity contribution in [1.82, 2.24) is 4.90 Å². The average Bonchev–Trinajstić information content (AvgIpc) is 2.10. The van der Waals surface area contributed by atoms with Crippen molar-refractivity contribution in [2.75, 3.05) is 7.05 Å². The third-order valence-electron chi connectivity index (χ3n) is 2.20. The molecule has 0 N–H and O–H groups in total. The van der Waals surface area contributed by atoms with Gasteiger partial charge >= 0.3 is 12.1 Å². The molecule has 0 aromatic rings. The molecule has 0 heterocycles. The molecule has 84 valence electrons. The standard InChI is InChI=1S/C9H16F3NO/c1-4-5-6-7(2)13(3)8(14)9(10,11)12/h7H,4-6H2,1-3H3. The van der Waals surface area contributed by atoms with E-state index in [1.54, 1.807) is 6.92 Å². The number of hydrogen-bond donors (Lipinski definition) is 0. The molecule has 0 aliphatic heterocycles. The highest BCUT2D eigenvalue weighted by Crippen LogP contribution is 2.20. The summed E-state index contributed by atoms with van der Waals surface area (Å²) in [5.74, 6) is -1.76. The topological polar surface area (TPSA) is 20.3 Å². The fraction of sp³-hybridized carbons (Fsp3) is 0.889. The molecule has 1 unspecified atom stereocenters. The predicted octanol–water partition coefficient (Wildman–Crippen LogP) is 2.59. The highest BCUT2D eigenvalue weighted by atomic mass is 19.4. The first-order chi connectivity index (χ1) is 6.30. The van der Waals surface area contributed by atoms with Gasteiger partial charge in [-0.25, -0.2) is 0 Å². The molecule has 1 amide bonds. The quantitative estimate of drug-likeness (QED) is 0.699. The van der Waals surface area contributed by atoms with Crippen LogP contribution >= 0.6 is 0 Å². The van der Waals surface area contributed by atoms with Gasteiger partial charge in [-0.2, -0.15) is 13.2 Å². The Kier molecular flexibility index (Phi) is 4.94. The van der Waals surface area contributed by atoms with Crippen LogP contribution < -0.4 is 0 Å². The van der Waals surface area contributed by atoms with E-state index in [2.05, 4.69) is 0 Å². The van der Waals surface area contributed by atoms with E-state index in [0.29, 0.717) is 6.42 Å². The molecule has 0 fully saturated rings. The molecule has 0 aliphatic rings. The molecule has 14 heavy (non-hydrogen) atoms. The van der Waals surface area contributed by atoms with Gasteiger partial charge in [-0.05, 0) is 13.3 Å². The molecule has 0 aromatic carbocycles. The van der Waals surface area contributed by atoms with Crippen LogP contribution in [0.15, 0.2) is 0 Å². The molecule has 0 aromatic heterocycles. The first-order valence-electron chi connectivity index (χ1n) is 4.64. The van der Waals surface area contributed by atoms with Gasteiger partial charge in [-0.15, -0.1) is 0 Å². The number of unbranched alkanes of at least 4 members (excludes halogenated alkanes) is 1. The van der Waals surface area contributed by atoms with Gasteiger partial charge < -0.3 is 4.90 Å². The number of amides is 1. The Bertz CT molecular complexity index is 191. The molecule has 1 atom stereocenters. The summed E-state index contributed by atoms with van der Waals surface area (Å²) in [7, 11) is 1.19. The van der Waals surface area contributed by atoms with E-state index in [9.17, 15) is 18.0 Å². The Balaban J connectivity index is 4.18. The largest absolute Gasteiger partial charge is 0.471 e. The Morgan fingerprint density at radius 2 is 1.93 bits per heavy atom. The summed E-state index contributed by atoms with van der Waals surface area (Å²) in [6.07, 6.45) is -2.40. The average molecular weight is 211 g/mol. The number of halogens is 3. The normalized spacial score (nSPS) is 13.9. The van der Waals surface area contributed by atoms with Crippen LogP contribution in [0.5, 0.6) is 0 Å². The predicted molar refractivity (Wildman–Crippen MR) is 47.8 cm³/mol. The second kappa shape index (κ2) is 5.22. The van der Waals surface area contributed by atoms with Crippen LogP contribution in [-0.4, -0.2) is 30.1 Å². The molecule has 0 bridgehead atoms. The Morgan fingerprint density at radius 1 is 1.43 bits per heavy atom. The van der Waals surface area contributed by atoms with Crippen LogP contribution in [-0.2, 0) is 4.79 Å². The van der Waals surface area contributed by atoms with Crippen molar-refractivity contribution in [3.8, 4) is 0 Å². The first-order valence-corrected chi connectivity index (χ1v) is 4.64. The molecular weight excluding hydrogens is 195 g/mol. The van der Waals surface area contributed by atoms with E-state index in [4.69, 9.17) is 0 Å². The van der Waals surface area contributed by atoms with Crippen molar-refractivity contribution in [3.63, 3.8) is 0 Å². The lowest BCUT2D eigenvalue weighted by Crippen LogP contribution is -2.43. The van der Waals surface area contributed by atoms with Crippen LogP contribution in [0.25, 0.3) is 0 Å². The maximum Gasteiger partial charge on any atom is 0.471 e. The van der Waals surface area contributed by atoms with Gasteiger partial charge in [0.2, 0.25) is 0 Å². The minimum atomic E-state index is -4.75. The zero-order valence-corrected chi connectivity index (χ0v) is 8.69. The monoisotopic (exact) mass is 211 g/mol. The molecule has 0 saturated heterocycles. The number of carbonyl (C=O) groups excluding carboxylic acids is 1. The Morgan fingerprint density at radius 3 is 2.29 bits per heavy atom. The summed E-state index contributed by atoms with van der Waals surface area (Å²) in [4.78, 5) is 11.5. The minimum Gasteiger partial charge on any atom is -0.335 e. The third kappa shape index (κ3) is 3.98. The van der Waals surface area contributed by atoms with E-state index in [1.807, 2.05) is 6.92 Å². The van der Waals surface area contributed by atoms with Crippen LogP contribution in [0.3, 0.4) is 0 Å². The lowest BCUT2D eigenvalue weighted by Gasteiger charge is -2.25. The molecule has 5 heteroatoms. The van der Waals surface area contributed by atoms with E-state index in [1.165, 1.54) is 7.05 Å². The van der Waals surface area contributed by atoms with Gasteiger partial charge in [0.1, 0.15) is 0 Å². The molecule has 0 radical (unpaired) electrons. The van der Waals surface area contributed by atoms with Crippen molar-refractivity contribution in [2.24, 2.45) is 0 Å². The number of carbonyl (C=O) groups is 1. The fourth-order valence-electron chi connectivity index (χ4n) is 1.09. The zero-order valence-electron chi connectivity index (χ0n) is 8.69. The Hall–Kier alpha value is -0.740. The summed E-state index contributed by atoms with van der Waals surface area (Å²) in [5.41, 5.74) is 0. The van der Waals surface area contributed by atoms with E-state index in [0.717, 1.165) is 17.7 Å². The lowest BCUT2D eigenvalue weighted by atomic mass is 10.1. The summed E-state index contributed by atoms with van der Waals surface area (Å²) in [5, 5.41) is 0. The lowest BCUT2D eigenvalue weighted by molar-refractivity contribution is -0.186. The molecule has 2 nitrogen and oxygen atoms in total. The maximum atomic E-state index is 12.0. The van der Waals surface area contributed by atoms with Crippen molar-refractivity contribution in [2.45, 2.75) is 45.3 Å². The van der Waals surface area contributed by atoms with Crippen molar-refractivity contribution in [3.05, 3.63) is 0 Å². The maximum absolute atomic E-state index is 12.0. The summed E-state index contributed by atoms with van der Waals surface area (Å²) >= 11 is 0. The SMILES string of the molecule is CCCCC(C)N(C)C(=O)C(F)(F)F. The Labute approximate surface area is 82.1 Å². The number of rotatable bonds is 4. The molecular formula is C9H16F3NO. The smallest absolute Gasteiger partial charge is 0.335 e. The first kappa shape index (κ1) is 13.3. The van der Waals surface area contributed by atoms with Crippen molar-refractivity contribution >= 4 is 5.91 Å². The summed E-state index contributed by atoms with van der Waals surface area (Å²) < 4.78 is 36.0. The van der Waals surface area contributed by atoms with E-state index < -0.39 is 12.1 Å². The van der Waals surface area contributed by atoms with Gasteiger partial charge in [0.05, 0.1) is 0 Å².